The minimum atomic E-state index is -0.385. The minimum Gasteiger partial charge on any atom is -0.335 e. The topological polar surface area (TPSA) is 46.3 Å². The molecule has 0 atom stereocenters. The molecule has 1 aromatic carbocycles. The first-order chi connectivity index (χ1) is 8.04. The molecule has 1 aliphatic rings. The van der Waals surface area contributed by atoms with Crippen LogP contribution in [0.15, 0.2) is 24.3 Å². The predicted octanol–water partition coefficient (Wildman–Crippen LogP) is 1.78. The summed E-state index contributed by atoms with van der Waals surface area (Å²) in [6.45, 7) is 3.21. The number of carbonyl (C=O) groups excluding carboxylic acids is 1. The molecule has 0 radical (unpaired) electrons. The Labute approximate surface area is 100 Å². The zero-order chi connectivity index (χ0) is 12.5. The number of halogens is 1. The van der Waals surface area contributed by atoms with Crippen molar-refractivity contribution in [1.29, 1.82) is 0 Å². The molecular formula is C13H17FN2O. The van der Waals surface area contributed by atoms with Crippen molar-refractivity contribution >= 4 is 5.91 Å². The Morgan fingerprint density at radius 2 is 2.24 bits per heavy atom. The molecule has 0 aliphatic carbocycles. The van der Waals surface area contributed by atoms with Crippen molar-refractivity contribution in [2.45, 2.75) is 25.3 Å². The predicted molar refractivity (Wildman–Crippen MR) is 64.1 cm³/mol. The molecule has 2 rings (SSSR count). The first-order valence-electron chi connectivity index (χ1n) is 5.88. The highest BCUT2D eigenvalue weighted by Gasteiger charge is 2.41. The van der Waals surface area contributed by atoms with E-state index >= 15 is 0 Å². The molecule has 17 heavy (non-hydrogen) atoms. The summed E-state index contributed by atoms with van der Waals surface area (Å²) in [7, 11) is 0. The molecule has 0 aromatic heterocycles. The van der Waals surface area contributed by atoms with Crippen molar-refractivity contribution in [2.75, 3.05) is 13.1 Å². The molecule has 1 amide bonds. The van der Waals surface area contributed by atoms with Gasteiger partial charge in [-0.3, -0.25) is 4.79 Å². The van der Waals surface area contributed by atoms with E-state index in [0.717, 1.165) is 12.8 Å². The van der Waals surface area contributed by atoms with Gasteiger partial charge in [0.05, 0.1) is 5.54 Å². The fourth-order valence-corrected chi connectivity index (χ4v) is 2.32. The molecule has 0 bridgehead atoms. The molecule has 2 N–H and O–H groups in total. The van der Waals surface area contributed by atoms with Gasteiger partial charge in [0.1, 0.15) is 5.82 Å². The van der Waals surface area contributed by atoms with Gasteiger partial charge in [0.25, 0.3) is 5.91 Å². The summed E-state index contributed by atoms with van der Waals surface area (Å²) in [5.41, 5.74) is 6.24. The average Bonchev–Trinajstić information content (AvgIpc) is 2.25. The summed E-state index contributed by atoms with van der Waals surface area (Å²) in [4.78, 5) is 13.6. The summed E-state index contributed by atoms with van der Waals surface area (Å²) in [5, 5.41) is 0. The van der Waals surface area contributed by atoms with Gasteiger partial charge < -0.3 is 10.6 Å². The van der Waals surface area contributed by atoms with Crippen LogP contribution in [0, 0.1) is 5.82 Å². The number of amides is 1. The Morgan fingerprint density at radius 3 is 2.82 bits per heavy atom. The normalized spacial score (nSPS) is 17.7. The zero-order valence-corrected chi connectivity index (χ0v) is 9.95. The summed E-state index contributed by atoms with van der Waals surface area (Å²) in [5.74, 6) is -0.523. The third kappa shape index (κ3) is 2.47. The zero-order valence-electron chi connectivity index (χ0n) is 9.95. The monoisotopic (exact) mass is 236 g/mol. The number of nitrogens with two attached hydrogens (primary N) is 1. The maximum atomic E-state index is 13.0. The first kappa shape index (κ1) is 12.0. The molecule has 0 saturated carbocycles. The van der Waals surface area contributed by atoms with Crippen LogP contribution in [0.5, 0.6) is 0 Å². The van der Waals surface area contributed by atoms with Crippen LogP contribution in [0.25, 0.3) is 0 Å². The van der Waals surface area contributed by atoms with Gasteiger partial charge in [0.2, 0.25) is 0 Å². The van der Waals surface area contributed by atoms with Crippen molar-refractivity contribution in [3.63, 3.8) is 0 Å². The summed E-state index contributed by atoms with van der Waals surface area (Å²) < 4.78 is 13.0. The molecule has 1 aliphatic heterocycles. The van der Waals surface area contributed by atoms with E-state index < -0.39 is 0 Å². The lowest BCUT2D eigenvalue weighted by Gasteiger charge is -2.47. The Balaban J connectivity index is 2.00. The van der Waals surface area contributed by atoms with E-state index in [1.54, 1.807) is 17.0 Å². The molecule has 1 aromatic rings. The van der Waals surface area contributed by atoms with Crippen molar-refractivity contribution in [1.82, 2.24) is 4.90 Å². The van der Waals surface area contributed by atoms with Gasteiger partial charge in [-0.2, -0.15) is 0 Å². The largest absolute Gasteiger partial charge is 0.335 e. The van der Waals surface area contributed by atoms with Crippen LogP contribution >= 0.6 is 0 Å². The highest BCUT2D eigenvalue weighted by molar-refractivity contribution is 5.95. The summed E-state index contributed by atoms with van der Waals surface area (Å²) >= 11 is 0. The third-order valence-electron chi connectivity index (χ3n) is 3.12. The second-order valence-corrected chi connectivity index (χ2v) is 4.78. The Kier molecular flexibility index (Phi) is 3.15. The van der Waals surface area contributed by atoms with Crippen LogP contribution in [-0.4, -0.2) is 29.4 Å². The number of hydrogen-bond donors (Lipinski definition) is 1. The highest BCUT2D eigenvalue weighted by Crippen LogP contribution is 2.25. The first-order valence-corrected chi connectivity index (χ1v) is 5.88. The lowest BCUT2D eigenvalue weighted by atomic mass is 9.86. The maximum Gasteiger partial charge on any atom is 0.254 e. The molecule has 1 heterocycles. The number of carbonyl (C=O) groups is 1. The number of nitrogens with zero attached hydrogens (tertiary/aromatic N) is 1. The van der Waals surface area contributed by atoms with Crippen LogP contribution in [-0.2, 0) is 0 Å². The van der Waals surface area contributed by atoms with Gasteiger partial charge in [-0.05, 0) is 24.6 Å². The van der Waals surface area contributed by atoms with Gasteiger partial charge in [-0.25, -0.2) is 4.39 Å². The Hall–Kier alpha value is -1.42. The molecule has 4 heteroatoms. The second kappa shape index (κ2) is 4.45. The second-order valence-electron chi connectivity index (χ2n) is 4.78. The van der Waals surface area contributed by atoms with E-state index in [1.807, 2.05) is 0 Å². The van der Waals surface area contributed by atoms with E-state index in [0.29, 0.717) is 18.7 Å². The SMILES string of the molecule is CCCC1(N)CN(C(=O)c2cccc(F)c2)C1. The van der Waals surface area contributed by atoms with Crippen molar-refractivity contribution < 1.29 is 9.18 Å². The van der Waals surface area contributed by atoms with Crippen molar-refractivity contribution in [2.24, 2.45) is 5.73 Å². The van der Waals surface area contributed by atoms with E-state index in [-0.39, 0.29) is 17.3 Å². The number of likely N-dealkylation sites (tertiary alicyclic amines) is 1. The van der Waals surface area contributed by atoms with E-state index in [9.17, 15) is 9.18 Å². The van der Waals surface area contributed by atoms with Crippen molar-refractivity contribution in [3.05, 3.63) is 35.6 Å². The van der Waals surface area contributed by atoms with Crippen molar-refractivity contribution in [3.8, 4) is 0 Å². The van der Waals surface area contributed by atoms with Gasteiger partial charge in [0, 0.05) is 18.7 Å². The molecule has 92 valence electrons. The molecule has 1 saturated heterocycles. The average molecular weight is 236 g/mol. The lowest BCUT2D eigenvalue weighted by molar-refractivity contribution is 0.0386. The number of benzene rings is 1. The van der Waals surface area contributed by atoms with Crippen LogP contribution in [0.1, 0.15) is 30.1 Å². The Bertz CT molecular complexity index is 427. The van der Waals surface area contributed by atoms with Gasteiger partial charge >= 0.3 is 0 Å². The molecular weight excluding hydrogens is 219 g/mol. The molecule has 0 unspecified atom stereocenters. The molecule has 0 spiro atoms. The van der Waals surface area contributed by atoms with Crippen LogP contribution in [0.2, 0.25) is 0 Å². The van der Waals surface area contributed by atoms with Crippen LogP contribution in [0.3, 0.4) is 0 Å². The number of hydrogen-bond acceptors (Lipinski definition) is 2. The molecule has 3 nitrogen and oxygen atoms in total. The summed E-state index contributed by atoms with van der Waals surface area (Å²) in [6.07, 6.45) is 1.93. The number of rotatable bonds is 3. The Morgan fingerprint density at radius 1 is 1.53 bits per heavy atom. The maximum absolute atomic E-state index is 13.0. The fraction of sp³-hybridized carbons (Fsp3) is 0.462. The highest BCUT2D eigenvalue weighted by atomic mass is 19.1. The van der Waals surface area contributed by atoms with E-state index in [1.165, 1.54) is 12.1 Å². The standard InChI is InChI=1S/C13H17FN2O/c1-2-6-13(15)8-16(9-13)12(17)10-4-3-5-11(14)7-10/h3-5,7H,2,6,8-9,15H2,1H3. The smallest absolute Gasteiger partial charge is 0.254 e. The fourth-order valence-electron chi connectivity index (χ4n) is 2.32. The van der Waals surface area contributed by atoms with Gasteiger partial charge in [-0.1, -0.05) is 19.4 Å². The van der Waals surface area contributed by atoms with Crippen LogP contribution in [0.4, 0.5) is 4.39 Å². The van der Waals surface area contributed by atoms with Gasteiger partial charge in [-0.15, -0.1) is 0 Å². The minimum absolute atomic E-state index is 0.137. The quantitative estimate of drug-likeness (QED) is 0.869. The third-order valence-corrected chi connectivity index (χ3v) is 3.12. The van der Waals surface area contributed by atoms with Gasteiger partial charge in [0.15, 0.2) is 0 Å². The van der Waals surface area contributed by atoms with E-state index in [4.69, 9.17) is 5.73 Å². The summed E-state index contributed by atoms with van der Waals surface area (Å²) in [6, 6.07) is 5.77. The lowest BCUT2D eigenvalue weighted by Crippen LogP contribution is -2.68. The molecule has 1 fully saturated rings. The van der Waals surface area contributed by atoms with E-state index in [2.05, 4.69) is 6.92 Å². The van der Waals surface area contributed by atoms with Crippen LogP contribution < -0.4 is 5.73 Å².